The minimum Gasteiger partial charge on any atom is -0.469 e. The summed E-state index contributed by atoms with van der Waals surface area (Å²) in [7, 11) is 0. The molecule has 0 saturated carbocycles. The van der Waals surface area contributed by atoms with Crippen molar-refractivity contribution in [2.45, 2.75) is 45.6 Å². The summed E-state index contributed by atoms with van der Waals surface area (Å²) in [5.41, 5.74) is 0. The van der Waals surface area contributed by atoms with Crippen molar-refractivity contribution in [3.8, 4) is 0 Å². The molecule has 1 aliphatic rings. The maximum atomic E-state index is 11.9. The fourth-order valence-electron chi connectivity index (χ4n) is 3.31. The molecule has 0 aromatic carbocycles. The lowest BCUT2D eigenvalue weighted by Crippen LogP contribution is -2.50. The monoisotopic (exact) mass is 561 g/mol. The molecule has 2 N–H and O–H groups in total. The third kappa shape index (κ3) is 8.68. The predicted octanol–water partition coefficient (Wildman–Crippen LogP) is 3.60. The Kier molecular flexibility index (Phi) is 11.1. The minimum atomic E-state index is -0.222. The summed E-state index contributed by atoms with van der Waals surface area (Å²) in [5, 5.41) is 8.04. The molecule has 8 nitrogen and oxygen atoms in total. The topological polar surface area (TPSA) is 92.0 Å². The molecule has 0 spiro atoms. The lowest BCUT2D eigenvalue weighted by Gasteiger charge is -2.32. The van der Waals surface area contributed by atoms with Gasteiger partial charge in [0.1, 0.15) is 5.76 Å². The molecule has 1 saturated heterocycles. The third-order valence-corrected chi connectivity index (χ3v) is 5.84. The molecule has 1 amide bonds. The highest BCUT2D eigenvalue weighted by Crippen LogP contribution is 2.13. The molecule has 1 aliphatic heterocycles. The maximum Gasteiger partial charge on any atom is 0.409 e. The first kappa shape index (κ1) is 25.4. The first-order chi connectivity index (χ1) is 14.6. The molecule has 0 radical (unpaired) electrons. The summed E-state index contributed by atoms with van der Waals surface area (Å²) in [5.74, 6) is 1.74. The number of aromatic nitrogens is 1. The second-order valence-corrected chi connectivity index (χ2v) is 8.53. The number of nitrogens with one attached hydrogen (secondary N) is 2. The number of aryl methyl sites for hydroxylation is 1. The van der Waals surface area contributed by atoms with Crippen molar-refractivity contribution in [2.75, 3.05) is 32.8 Å². The highest BCUT2D eigenvalue weighted by molar-refractivity contribution is 14.0. The van der Waals surface area contributed by atoms with Crippen LogP contribution in [-0.4, -0.2) is 60.8 Å². The van der Waals surface area contributed by atoms with Crippen LogP contribution in [0.1, 0.15) is 35.4 Å². The van der Waals surface area contributed by atoms with Crippen LogP contribution >= 0.6 is 35.3 Å². The largest absolute Gasteiger partial charge is 0.469 e. The Morgan fingerprint density at radius 1 is 1.39 bits per heavy atom. The van der Waals surface area contributed by atoms with E-state index >= 15 is 0 Å². The predicted molar refractivity (Wildman–Crippen MR) is 133 cm³/mol. The van der Waals surface area contributed by atoms with Gasteiger partial charge in [-0.2, -0.15) is 0 Å². The highest BCUT2D eigenvalue weighted by atomic mass is 127. The number of likely N-dealkylation sites (tertiary alicyclic amines) is 1. The Morgan fingerprint density at radius 2 is 2.19 bits per heavy atom. The van der Waals surface area contributed by atoms with Gasteiger partial charge in [0.15, 0.2) is 5.96 Å². The molecule has 10 heteroatoms. The van der Waals surface area contributed by atoms with Crippen molar-refractivity contribution < 1.29 is 13.9 Å². The zero-order valence-electron chi connectivity index (χ0n) is 18.1. The van der Waals surface area contributed by atoms with Gasteiger partial charge in [0.05, 0.1) is 17.9 Å². The summed E-state index contributed by atoms with van der Waals surface area (Å²) < 4.78 is 10.5. The minimum absolute atomic E-state index is 0. The molecule has 0 bridgehead atoms. The maximum absolute atomic E-state index is 11.9. The number of guanidine groups is 1. The summed E-state index contributed by atoms with van der Waals surface area (Å²) in [6.45, 7) is 7.09. The van der Waals surface area contributed by atoms with Gasteiger partial charge in [0.25, 0.3) is 0 Å². The Morgan fingerprint density at radius 3 is 2.84 bits per heavy atom. The zero-order valence-corrected chi connectivity index (χ0v) is 21.3. The Hall–Kier alpha value is -1.82. The first-order valence-corrected chi connectivity index (χ1v) is 11.4. The van der Waals surface area contributed by atoms with E-state index in [0.29, 0.717) is 26.2 Å². The number of aliphatic imine (C=N–C) groups is 1. The molecule has 31 heavy (non-hydrogen) atoms. The normalized spacial score (nSPS) is 14.8. The van der Waals surface area contributed by atoms with E-state index in [1.807, 2.05) is 25.3 Å². The molecule has 3 heterocycles. The lowest BCUT2D eigenvalue weighted by molar-refractivity contribution is 0.0963. The molecule has 1 fully saturated rings. The average molecular weight is 561 g/mol. The van der Waals surface area contributed by atoms with Crippen molar-refractivity contribution in [1.82, 2.24) is 20.5 Å². The molecular weight excluding hydrogens is 529 g/mol. The molecular formula is C21H32IN5O3S. The Balaban J connectivity index is 0.00000341. The van der Waals surface area contributed by atoms with Gasteiger partial charge in [-0.3, -0.25) is 4.99 Å². The summed E-state index contributed by atoms with van der Waals surface area (Å²) in [6.07, 6.45) is 6.72. The van der Waals surface area contributed by atoms with Gasteiger partial charge in [0.2, 0.25) is 0 Å². The van der Waals surface area contributed by atoms with E-state index in [1.165, 1.54) is 4.88 Å². The number of thiazole rings is 1. The molecule has 2 aromatic rings. The van der Waals surface area contributed by atoms with Gasteiger partial charge in [-0.15, -0.1) is 35.3 Å². The van der Waals surface area contributed by atoms with E-state index in [0.717, 1.165) is 49.0 Å². The number of hydrogen-bond donors (Lipinski definition) is 2. The van der Waals surface area contributed by atoms with Gasteiger partial charge in [-0.25, -0.2) is 9.78 Å². The van der Waals surface area contributed by atoms with Crippen LogP contribution in [0.2, 0.25) is 0 Å². The van der Waals surface area contributed by atoms with E-state index in [2.05, 4.69) is 22.5 Å². The third-order valence-electron chi connectivity index (χ3n) is 4.87. The van der Waals surface area contributed by atoms with Crippen LogP contribution < -0.4 is 10.6 Å². The fourth-order valence-corrected chi connectivity index (χ4v) is 4.08. The second-order valence-electron chi connectivity index (χ2n) is 7.21. The number of carbonyl (C=O) groups excluding carboxylic acids is 1. The van der Waals surface area contributed by atoms with Crippen LogP contribution in [0.3, 0.4) is 0 Å². The van der Waals surface area contributed by atoms with Crippen molar-refractivity contribution in [3.63, 3.8) is 0 Å². The van der Waals surface area contributed by atoms with Crippen LogP contribution in [0.5, 0.6) is 0 Å². The van der Waals surface area contributed by atoms with Crippen LogP contribution in [0.4, 0.5) is 4.79 Å². The Labute approximate surface area is 204 Å². The summed E-state index contributed by atoms with van der Waals surface area (Å²) in [6, 6.07) is 4.14. The molecule has 172 valence electrons. The number of amides is 1. The Bertz CT molecular complexity index is 804. The van der Waals surface area contributed by atoms with Crippen molar-refractivity contribution in [2.24, 2.45) is 4.99 Å². The number of rotatable bonds is 8. The molecule has 3 rings (SSSR count). The highest BCUT2D eigenvalue weighted by Gasteiger charge is 2.24. The van der Waals surface area contributed by atoms with Crippen molar-refractivity contribution >= 4 is 47.4 Å². The lowest BCUT2D eigenvalue weighted by atomic mass is 10.1. The standard InChI is InChI=1S/C21H31N5O3S.HI/c1-3-28-21(27)26-12-8-17(9-13-26)25-20(22-10-6-18-5-4-14-29-18)23-11-7-19-24-15-16(2)30-19;/h4-5,14-15,17H,3,6-13H2,1-2H3,(H2,22,23,25);1H. The van der Waals surface area contributed by atoms with Crippen LogP contribution in [0, 0.1) is 6.92 Å². The van der Waals surface area contributed by atoms with Crippen LogP contribution in [-0.2, 0) is 17.6 Å². The van der Waals surface area contributed by atoms with Gasteiger partial charge in [-0.1, -0.05) is 0 Å². The zero-order chi connectivity index (χ0) is 21.2. The summed E-state index contributed by atoms with van der Waals surface area (Å²) >= 11 is 1.72. The number of carbonyl (C=O) groups is 1. The number of piperidine rings is 1. The van der Waals surface area contributed by atoms with Crippen LogP contribution in [0.15, 0.2) is 34.0 Å². The number of halogens is 1. The fraction of sp³-hybridized carbons (Fsp3) is 0.571. The quantitative estimate of drug-likeness (QED) is 0.291. The van der Waals surface area contributed by atoms with Gasteiger partial charge < -0.3 is 24.7 Å². The average Bonchev–Trinajstić information content (AvgIpc) is 3.40. The van der Waals surface area contributed by atoms with Gasteiger partial charge in [0, 0.05) is 56.1 Å². The van der Waals surface area contributed by atoms with Gasteiger partial charge >= 0.3 is 6.09 Å². The first-order valence-electron chi connectivity index (χ1n) is 10.5. The molecule has 0 aliphatic carbocycles. The van der Waals surface area contributed by atoms with E-state index in [9.17, 15) is 4.79 Å². The van der Waals surface area contributed by atoms with Crippen molar-refractivity contribution in [1.29, 1.82) is 0 Å². The van der Waals surface area contributed by atoms with Crippen molar-refractivity contribution in [3.05, 3.63) is 40.2 Å². The van der Waals surface area contributed by atoms with E-state index in [1.54, 1.807) is 22.5 Å². The van der Waals surface area contributed by atoms with Gasteiger partial charge in [-0.05, 0) is 38.8 Å². The SMILES string of the molecule is CCOC(=O)N1CCC(NC(=NCCc2ncc(C)s2)NCCc2ccco2)CC1.I. The van der Waals surface area contributed by atoms with E-state index < -0.39 is 0 Å². The molecule has 0 unspecified atom stereocenters. The van der Waals surface area contributed by atoms with E-state index in [4.69, 9.17) is 14.1 Å². The summed E-state index contributed by atoms with van der Waals surface area (Å²) in [4.78, 5) is 24.0. The molecule has 0 atom stereocenters. The van der Waals surface area contributed by atoms with Crippen LogP contribution in [0.25, 0.3) is 0 Å². The number of ether oxygens (including phenoxy) is 1. The molecule has 2 aromatic heterocycles. The number of hydrogen-bond acceptors (Lipinski definition) is 6. The number of furan rings is 1. The smallest absolute Gasteiger partial charge is 0.409 e. The number of nitrogens with zero attached hydrogens (tertiary/aromatic N) is 3. The second kappa shape index (κ2) is 13.6. The van der Waals surface area contributed by atoms with E-state index in [-0.39, 0.29) is 36.1 Å².